The molecule has 0 fully saturated rings. The van der Waals surface area contributed by atoms with Crippen LogP contribution < -0.4 is 5.56 Å². The van der Waals surface area contributed by atoms with Crippen molar-refractivity contribution in [1.82, 2.24) is 4.98 Å². The number of aromatic carboxylic acids is 1. The van der Waals surface area contributed by atoms with Gasteiger partial charge in [-0.05, 0) is 12.5 Å². The second-order valence-corrected chi connectivity index (χ2v) is 2.81. The standard InChI is InChI=1S/C9H11NO3/c1-2-3-7-4-6(9(12)13)5-8(11)10-7/h4-5H,2-3H2,1H3,(H,10,11)(H,12,13). The van der Waals surface area contributed by atoms with E-state index in [0.717, 1.165) is 12.5 Å². The predicted octanol–water partition coefficient (Wildman–Crippen LogP) is 1.03. The van der Waals surface area contributed by atoms with Gasteiger partial charge < -0.3 is 10.1 Å². The normalized spacial score (nSPS) is 9.92. The number of aryl methyl sites for hydroxylation is 1. The fourth-order valence-corrected chi connectivity index (χ4v) is 1.13. The highest BCUT2D eigenvalue weighted by molar-refractivity contribution is 5.87. The van der Waals surface area contributed by atoms with Crippen LogP contribution in [-0.4, -0.2) is 16.1 Å². The lowest BCUT2D eigenvalue weighted by Gasteiger charge is -1.99. The minimum Gasteiger partial charge on any atom is -0.478 e. The second-order valence-electron chi connectivity index (χ2n) is 2.81. The highest BCUT2D eigenvalue weighted by Gasteiger charge is 2.04. The Morgan fingerprint density at radius 1 is 1.54 bits per heavy atom. The topological polar surface area (TPSA) is 70.2 Å². The van der Waals surface area contributed by atoms with Crippen molar-refractivity contribution < 1.29 is 9.90 Å². The zero-order chi connectivity index (χ0) is 9.84. The Kier molecular flexibility index (Phi) is 2.84. The number of aromatic amines is 1. The molecule has 0 atom stereocenters. The van der Waals surface area contributed by atoms with Gasteiger partial charge in [0.2, 0.25) is 5.56 Å². The molecule has 0 aliphatic carbocycles. The Balaban J connectivity index is 3.11. The van der Waals surface area contributed by atoms with E-state index in [0.29, 0.717) is 12.1 Å². The van der Waals surface area contributed by atoms with Crippen LogP contribution in [0.4, 0.5) is 0 Å². The summed E-state index contributed by atoms with van der Waals surface area (Å²) in [5.74, 6) is -1.07. The van der Waals surface area contributed by atoms with Crippen LogP contribution in [0.5, 0.6) is 0 Å². The molecule has 0 bridgehead atoms. The smallest absolute Gasteiger partial charge is 0.335 e. The summed E-state index contributed by atoms with van der Waals surface area (Å²) in [5.41, 5.74) is 0.364. The number of carboxylic acid groups (broad SMARTS) is 1. The van der Waals surface area contributed by atoms with Crippen LogP contribution in [0.2, 0.25) is 0 Å². The molecular weight excluding hydrogens is 170 g/mol. The molecule has 4 nitrogen and oxygen atoms in total. The van der Waals surface area contributed by atoms with Gasteiger partial charge >= 0.3 is 5.97 Å². The maximum Gasteiger partial charge on any atom is 0.335 e. The van der Waals surface area contributed by atoms with Gasteiger partial charge in [0.05, 0.1) is 5.56 Å². The Morgan fingerprint density at radius 3 is 2.77 bits per heavy atom. The van der Waals surface area contributed by atoms with Crippen molar-refractivity contribution in [3.63, 3.8) is 0 Å². The van der Waals surface area contributed by atoms with Crippen molar-refractivity contribution in [1.29, 1.82) is 0 Å². The van der Waals surface area contributed by atoms with Crippen LogP contribution in [0.3, 0.4) is 0 Å². The first-order chi connectivity index (χ1) is 6.13. The molecule has 13 heavy (non-hydrogen) atoms. The molecule has 0 aromatic carbocycles. The number of aromatic nitrogens is 1. The molecule has 0 saturated carbocycles. The average Bonchev–Trinajstić information content (AvgIpc) is 2.03. The van der Waals surface area contributed by atoms with Gasteiger partial charge in [0.25, 0.3) is 0 Å². The SMILES string of the molecule is CCCc1cc(C(=O)O)cc(=O)[nH]1. The van der Waals surface area contributed by atoms with Crippen LogP contribution in [-0.2, 0) is 6.42 Å². The number of nitrogens with one attached hydrogen (secondary N) is 1. The summed E-state index contributed by atoms with van der Waals surface area (Å²) in [6, 6.07) is 2.58. The van der Waals surface area contributed by atoms with Crippen LogP contribution in [0.15, 0.2) is 16.9 Å². The van der Waals surface area contributed by atoms with Crippen LogP contribution in [0, 0.1) is 0 Å². The van der Waals surface area contributed by atoms with E-state index in [9.17, 15) is 9.59 Å². The monoisotopic (exact) mass is 181 g/mol. The van der Waals surface area contributed by atoms with E-state index in [1.165, 1.54) is 6.07 Å². The lowest BCUT2D eigenvalue weighted by molar-refractivity contribution is 0.0696. The Morgan fingerprint density at radius 2 is 2.23 bits per heavy atom. The van der Waals surface area contributed by atoms with Crippen molar-refractivity contribution >= 4 is 5.97 Å². The molecule has 70 valence electrons. The fourth-order valence-electron chi connectivity index (χ4n) is 1.13. The van der Waals surface area contributed by atoms with Gasteiger partial charge in [-0.15, -0.1) is 0 Å². The second kappa shape index (κ2) is 3.89. The summed E-state index contributed by atoms with van der Waals surface area (Å²) in [6.45, 7) is 1.96. The minimum absolute atomic E-state index is 0.0483. The molecule has 1 rings (SSSR count). The third kappa shape index (κ3) is 2.43. The van der Waals surface area contributed by atoms with Crippen LogP contribution >= 0.6 is 0 Å². The number of carboxylic acids is 1. The Hall–Kier alpha value is -1.58. The van der Waals surface area contributed by atoms with Gasteiger partial charge in [-0.2, -0.15) is 0 Å². The lowest BCUT2D eigenvalue weighted by atomic mass is 10.2. The molecule has 0 spiro atoms. The summed E-state index contributed by atoms with van der Waals surface area (Å²) >= 11 is 0. The summed E-state index contributed by atoms with van der Waals surface area (Å²) in [4.78, 5) is 24.1. The van der Waals surface area contributed by atoms with E-state index < -0.39 is 5.97 Å². The molecule has 1 aromatic rings. The molecule has 1 aromatic heterocycles. The van der Waals surface area contributed by atoms with Crippen LogP contribution in [0.1, 0.15) is 29.4 Å². The zero-order valence-corrected chi connectivity index (χ0v) is 7.33. The van der Waals surface area contributed by atoms with Crippen molar-refractivity contribution in [2.75, 3.05) is 0 Å². The molecule has 0 unspecified atom stereocenters. The number of carbonyl (C=O) groups is 1. The van der Waals surface area contributed by atoms with Gasteiger partial charge in [-0.3, -0.25) is 4.79 Å². The predicted molar refractivity (Wildman–Crippen MR) is 48.0 cm³/mol. The molecule has 0 amide bonds. The quantitative estimate of drug-likeness (QED) is 0.731. The van der Waals surface area contributed by atoms with E-state index in [1.807, 2.05) is 6.92 Å². The first-order valence-corrected chi connectivity index (χ1v) is 4.10. The van der Waals surface area contributed by atoms with E-state index in [2.05, 4.69) is 4.98 Å². The summed E-state index contributed by atoms with van der Waals surface area (Å²) in [6.07, 6.45) is 1.56. The third-order valence-electron chi connectivity index (χ3n) is 1.67. The van der Waals surface area contributed by atoms with E-state index >= 15 is 0 Å². The van der Waals surface area contributed by atoms with Crippen molar-refractivity contribution in [2.24, 2.45) is 0 Å². The number of H-pyrrole nitrogens is 1. The van der Waals surface area contributed by atoms with Crippen LogP contribution in [0.25, 0.3) is 0 Å². The van der Waals surface area contributed by atoms with E-state index in [-0.39, 0.29) is 11.1 Å². The molecule has 4 heteroatoms. The lowest BCUT2D eigenvalue weighted by Crippen LogP contribution is -2.12. The fraction of sp³-hybridized carbons (Fsp3) is 0.333. The molecule has 0 aliphatic heterocycles. The molecule has 0 aliphatic rings. The maximum atomic E-state index is 11.0. The molecule has 0 radical (unpaired) electrons. The molecule has 2 N–H and O–H groups in total. The number of hydrogen-bond acceptors (Lipinski definition) is 2. The Bertz CT molecular complexity index is 367. The van der Waals surface area contributed by atoms with Crippen molar-refractivity contribution in [3.8, 4) is 0 Å². The molecule has 1 heterocycles. The van der Waals surface area contributed by atoms with Gasteiger partial charge in [0.1, 0.15) is 0 Å². The zero-order valence-electron chi connectivity index (χ0n) is 7.33. The number of pyridine rings is 1. The Labute approximate surface area is 75.2 Å². The van der Waals surface area contributed by atoms with Gasteiger partial charge in [-0.25, -0.2) is 4.79 Å². The third-order valence-corrected chi connectivity index (χ3v) is 1.67. The minimum atomic E-state index is -1.07. The van der Waals surface area contributed by atoms with Gasteiger partial charge in [0.15, 0.2) is 0 Å². The molecule has 0 saturated heterocycles. The van der Waals surface area contributed by atoms with Crippen molar-refractivity contribution in [2.45, 2.75) is 19.8 Å². The van der Waals surface area contributed by atoms with Gasteiger partial charge in [-0.1, -0.05) is 13.3 Å². The first-order valence-electron chi connectivity index (χ1n) is 4.10. The highest BCUT2D eigenvalue weighted by atomic mass is 16.4. The number of rotatable bonds is 3. The summed E-state index contributed by atoms with van der Waals surface area (Å²) < 4.78 is 0. The van der Waals surface area contributed by atoms with E-state index in [4.69, 9.17) is 5.11 Å². The molecular formula is C9H11NO3. The summed E-state index contributed by atoms with van der Waals surface area (Å²) in [5, 5.41) is 8.65. The first kappa shape index (κ1) is 9.51. The number of hydrogen-bond donors (Lipinski definition) is 2. The van der Waals surface area contributed by atoms with Crippen molar-refractivity contribution in [3.05, 3.63) is 33.7 Å². The van der Waals surface area contributed by atoms with Gasteiger partial charge in [0, 0.05) is 11.8 Å². The maximum absolute atomic E-state index is 11.0. The average molecular weight is 181 g/mol. The highest BCUT2D eigenvalue weighted by Crippen LogP contribution is 2.01. The largest absolute Gasteiger partial charge is 0.478 e. The van der Waals surface area contributed by atoms with E-state index in [1.54, 1.807) is 0 Å². The summed E-state index contributed by atoms with van der Waals surface area (Å²) in [7, 11) is 0.